The van der Waals surface area contributed by atoms with Crippen LogP contribution < -0.4 is 14.8 Å². The van der Waals surface area contributed by atoms with Gasteiger partial charge in [-0.25, -0.2) is 14.4 Å². The van der Waals surface area contributed by atoms with Crippen LogP contribution in [0, 0.1) is 17.7 Å². The van der Waals surface area contributed by atoms with Crippen molar-refractivity contribution in [1.82, 2.24) is 19.8 Å². The zero-order valence-electron chi connectivity index (χ0n) is 22.3. The van der Waals surface area contributed by atoms with Gasteiger partial charge in [0.1, 0.15) is 24.9 Å². The fraction of sp³-hybridized carbons (Fsp3) is 0.414. The number of hydrogen-bond donors (Lipinski definition) is 1. The van der Waals surface area contributed by atoms with E-state index in [1.54, 1.807) is 0 Å². The van der Waals surface area contributed by atoms with Gasteiger partial charge in [0, 0.05) is 56.0 Å². The SMILES string of the molecule is C=CC(=O)N1C[C@H]2C[C@@H](C1)C2Oc1cc2c(Nc3ccc(Cl)c(Cl)c3F)ncnc2cc1OCCN1CCOCC1. The first-order chi connectivity index (χ1) is 19.9. The summed E-state index contributed by atoms with van der Waals surface area (Å²) in [6.07, 6.45) is 3.70. The van der Waals surface area contributed by atoms with E-state index in [4.69, 9.17) is 37.4 Å². The average molecular weight is 602 g/mol. The Kier molecular flexibility index (Phi) is 8.16. The highest BCUT2D eigenvalue weighted by molar-refractivity contribution is 6.42. The number of fused-ring (bicyclic) bond motifs is 3. The van der Waals surface area contributed by atoms with Gasteiger partial charge < -0.3 is 24.4 Å². The van der Waals surface area contributed by atoms with Crippen molar-refractivity contribution in [3.8, 4) is 11.5 Å². The number of amides is 1. The number of halogens is 3. The van der Waals surface area contributed by atoms with Crippen molar-refractivity contribution in [3.05, 3.63) is 59.1 Å². The average Bonchev–Trinajstić information content (AvgIpc) is 3.00. The Labute approximate surface area is 247 Å². The van der Waals surface area contributed by atoms with Gasteiger partial charge in [0.05, 0.1) is 34.5 Å². The van der Waals surface area contributed by atoms with E-state index < -0.39 is 5.82 Å². The highest BCUT2D eigenvalue weighted by Crippen LogP contribution is 2.45. The number of ether oxygens (including phenoxy) is 3. The minimum atomic E-state index is -0.675. The number of nitrogens with one attached hydrogen (secondary N) is 1. The van der Waals surface area contributed by atoms with Gasteiger partial charge in [-0.2, -0.15) is 0 Å². The molecule has 1 aromatic heterocycles. The van der Waals surface area contributed by atoms with Crippen molar-refractivity contribution < 1.29 is 23.4 Å². The number of hydrogen-bond acceptors (Lipinski definition) is 8. The quantitative estimate of drug-likeness (QED) is 0.272. The van der Waals surface area contributed by atoms with Gasteiger partial charge in [0.2, 0.25) is 5.91 Å². The zero-order valence-corrected chi connectivity index (χ0v) is 23.8. The molecule has 3 saturated heterocycles. The number of aromatic nitrogens is 2. The fourth-order valence-electron chi connectivity index (χ4n) is 5.72. The summed E-state index contributed by atoms with van der Waals surface area (Å²) < 4.78 is 33.2. The lowest BCUT2D eigenvalue weighted by molar-refractivity contribution is -0.142. The van der Waals surface area contributed by atoms with Crippen molar-refractivity contribution in [3.63, 3.8) is 0 Å². The zero-order chi connectivity index (χ0) is 28.5. The van der Waals surface area contributed by atoms with Crippen molar-refractivity contribution in [2.45, 2.75) is 12.5 Å². The molecule has 0 spiro atoms. The number of rotatable bonds is 9. The number of piperidine rings is 2. The van der Waals surface area contributed by atoms with Gasteiger partial charge in [-0.15, -0.1) is 0 Å². The first kappa shape index (κ1) is 28.0. The van der Waals surface area contributed by atoms with Gasteiger partial charge in [-0.3, -0.25) is 9.69 Å². The predicted molar refractivity (Wildman–Crippen MR) is 155 cm³/mol. The molecule has 3 aliphatic heterocycles. The molecule has 4 fully saturated rings. The molecule has 0 radical (unpaired) electrons. The third-order valence-corrected chi connectivity index (χ3v) is 8.73. The Morgan fingerprint density at radius 1 is 1.17 bits per heavy atom. The molecule has 1 unspecified atom stereocenters. The lowest BCUT2D eigenvalue weighted by atomic mass is 9.68. The number of benzene rings is 2. The van der Waals surface area contributed by atoms with Crippen LogP contribution in [-0.4, -0.2) is 84.3 Å². The van der Waals surface area contributed by atoms with Crippen LogP contribution in [0.25, 0.3) is 10.9 Å². The first-order valence-corrected chi connectivity index (χ1v) is 14.4. The van der Waals surface area contributed by atoms with Crippen LogP contribution in [0.4, 0.5) is 15.9 Å². The maximum Gasteiger partial charge on any atom is 0.245 e. The molecule has 3 aromatic rings. The Balaban J connectivity index is 1.28. The molecule has 1 saturated carbocycles. The van der Waals surface area contributed by atoms with E-state index in [1.807, 2.05) is 17.0 Å². The van der Waals surface area contributed by atoms with Crippen molar-refractivity contribution in [2.75, 3.05) is 57.9 Å². The standard InChI is InChI=1S/C29H30Cl2FN5O4/c1-2-25(38)37-14-17-11-18(15-37)28(17)41-24-12-19-22(13-23(24)40-10-7-36-5-8-39-9-6-36)33-16-34-29(19)35-21-4-3-20(30)26(31)27(21)32/h2-4,12-13,16-18,28H,1,5-11,14-15H2,(H,33,34,35)/t17-,18+,28?. The van der Waals surface area contributed by atoms with Crippen LogP contribution >= 0.6 is 23.2 Å². The van der Waals surface area contributed by atoms with E-state index in [1.165, 1.54) is 24.5 Å². The highest BCUT2D eigenvalue weighted by Gasteiger charge is 2.49. The molecule has 1 aliphatic carbocycles. The minimum absolute atomic E-state index is 0.0570. The summed E-state index contributed by atoms with van der Waals surface area (Å²) in [6.45, 7) is 9.24. The summed E-state index contributed by atoms with van der Waals surface area (Å²) in [5, 5.41) is 3.60. The third-order valence-electron chi connectivity index (χ3n) is 7.95. The molecule has 1 N–H and O–H groups in total. The fourth-order valence-corrected chi connectivity index (χ4v) is 6.03. The number of anilines is 2. The molecule has 4 heterocycles. The number of morpholine rings is 1. The van der Waals surface area contributed by atoms with E-state index in [-0.39, 0.29) is 39.6 Å². The molecule has 3 atom stereocenters. The molecule has 12 heteroatoms. The van der Waals surface area contributed by atoms with Crippen LogP contribution in [0.2, 0.25) is 10.0 Å². The van der Waals surface area contributed by atoms with E-state index in [0.717, 1.165) is 26.1 Å². The van der Waals surface area contributed by atoms with Crippen LogP contribution in [0.3, 0.4) is 0 Å². The minimum Gasteiger partial charge on any atom is -0.488 e. The van der Waals surface area contributed by atoms with Crippen LogP contribution in [-0.2, 0) is 9.53 Å². The van der Waals surface area contributed by atoms with Gasteiger partial charge in [0.15, 0.2) is 17.3 Å². The molecule has 216 valence electrons. The molecule has 4 aliphatic rings. The molecular formula is C29H30Cl2FN5O4. The number of carbonyl (C=O) groups excluding carboxylic acids is 1. The van der Waals surface area contributed by atoms with Crippen molar-refractivity contribution >= 4 is 51.5 Å². The Hall–Kier alpha value is -3.18. The lowest BCUT2D eigenvalue weighted by Gasteiger charge is -2.52. The molecule has 2 aromatic carbocycles. The monoisotopic (exact) mass is 601 g/mol. The van der Waals surface area contributed by atoms with E-state index in [2.05, 4.69) is 26.8 Å². The summed E-state index contributed by atoms with van der Waals surface area (Å²) >= 11 is 12.0. The topological polar surface area (TPSA) is 89.0 Å². The smallest absolute Gasteiger partial charge is 0.245 e. The van der Waals surface area contributed by atoms with E-state index >= 15 is 0 Å². The van der Waals surface area contributed by atoms with Gasteiger partial charge >= 0.3 is 0 Å². The number of nitrogens with zero attached hydrogens (tertiary/aromatic N) is 4. The molecule has 1 amide bonds. The molecule has 2 bridgehead atoms. The predicted octanol–water partition coefficient (Wildman–Crippen LogP) is 4.94. The summed E-state index contributed by atoms with van der Waals surface area (Å²) in [5.41, 5.74) is 0.737. The summed E-state index contributed by atoms with van der Waals surface area (Å²) in [4.78, 5) is 25.1. The van der Waals surface area contributed by atoms with E-state index in [9.17, 15) is 9.18 Å². The summed E-state index contributed by atoms with van der Waals surface area (Å²) in [6, 6.07) is 6.68. The van der Waals surface area contributed by atoms with Crippen LogP contribution in [0.1, 0.15) is 6.42 Å². The molecule has 7 rings (SSSR count). The molecule has 41 heavy (non-hydrogen) atoms. The van der Waals surface area contributed by atoms with Crippen LogP contribution in [0.5, 0.6) is 11.5 Å². The normalized spacial score (nSPS) is 22.2. The second kappa shape index (κ2) is 12.0. The van der Waals surface area contributed by atoms with E-state index in [0.29, 0.717) is 61.1 Å². The highest BCUT2D eigenvalue weighted by atomic mass is 35.5. The molecule has 9 nitrogen and oxygen atoms in total. The maximum atomic E-state index is 14.8. The maximum absolute atomic E-state index is 14.8. The van der Waals surface area contributed by atoms with Gasteiger partial charge in [-0.05, 0) is 30.7 Å². The summed E-state index contributed by atoms with van der Waals surface area (Å²) in [5.74, 6) is 1.20. The second-order valence-corrected chi connectivity index (χ2v) is 11.3. The molecular weight excluding hydrogens is 572 g/mol. The van der Waals surface area contributed by atoms with Crippen molar-refractivity contribution in [2.24, 2.45) is 11.8 Å². The van der Waals surface area contributed by atoms with Crippen LogP contribution in [0.15, 0.2) is 43.2 Å². The Morgan fingerprint density at radius 2 is 1.95 bits per heavy atom. The lowest BCUT2D eigenvalue weighted by Crippen LogP contribution is -2.61. The third kappa shape index (κ3) is 5.79. The first-order valence-electron chi connectivity index (χ1n) is 13.6. The summed E-state index contributed by atoms with van der Waals surface area (Å²) in [7, 11) is 0. The Bertz CT molecular complexity index is 1460. The largest absolute Gasteiger partial charge is 0.488 e. The van der Waals surface area contributed by atoms with Gasteiger partial charge in [0.25, 0.3) is 0 Å². The number of carbonyl (C=O) groups is 1. The van der Waals surface area contributed by atoms with Crippen molar-refractivity contribution in [1.29, 1.82) is 0 Å². The Morgan fingerprint density at radius 3 is 2.71 bits per heavy atom. The second-order valence-electron chi connectivity index (χ2n) is 10.5. The van der Waals surface area contributed by atoms with Gasteiger partial charge in [-0.1, -0.05) is 29.8 Å².